The number of halogens is 2. The summed E-state index contributed by atoms with van der Waals surface area (Å²) in [6, 6.07) is 9.59. The lowest BCUT2D eigenvalue weighted by atomic mass is 10.0. The first-order chi connectivity index (χ1) is 12.5. The van der Waals surface area contributed by atoms with E-state index in [1.165, 1.54) is 13.2 Å². The third-order valence-corrected chi connectivity index (χ3v) is 4.02. The Labute approximate surface area is 149 Å². The molecule has 1 heterocycles. The van der Waals surface area contributed by atoms with E-state index in [1.54, 1.807) is 30.1 Å². The van der Waals surface area contributed by atoms with Crippen molar-refractivity contribution in [3.05, 3.63) is 83.4 Å². The fourth-order valence-electron chi connectivity index (χ4n) is 2.69. The molecule has 134 valence electrons. The van der Waals surface area contributed by atoms with Crippen molar-refractivity contribution in [1.82, 2.24) is 14.9 Å². The number of hydrogen-bond donors (Lipinski definition) is 1. The Morgan fingerprint density at radius 2 is 1.96 bits per heavy atom. The van der Waals surface area contributed by atoms with Gasteiger partial charge in [0.15, 0.2) is 11.6 Å². The van der Waals surface area contributed by atoms with Gasteiger partial charge in [0.1, 0.15) is 17.6 Å². The first-order valence-electron chi connectivity index (χ1n) is 7.87. The summed E-state index contributed by atoms with van der Waals surface area (Å²) < 4.78 is 33.7. The second kappa shape index (κ2) is 7.35. The van der Waals surface area contributed by atoms with Crippen LogP contribution in [0.4, 0.5) is 8.78 Å². The van der Waals surface area contributed by atoms with Crippen molar-refractivity contribution in [2.75, 3.05) is 7.11 Å². The van der Waals surface area contributed by atoms with E-state index in [1.807, 2.05) is 18.2 Å². The molecule has 0 aliphatic carbocycles. The lowest BCUT2D eigenvalue weighted by Crippen LogP contribution is -2.31. The van der Waals surface area contributed by atoms with Gasteiger partial charge in [0.25, 0.3) is 5.91 Å². The van der Waals surface area contributed by atoms with Crippen LogP contribution in [0.15, 0.2) is 54.9 Å². The number of rotatable bonds is 5. The third-order valence-electron chi connectivity index (χ3n) is 4.02. The SMILES string of the molecule is COc1ccccc1C(NC(=O)c1ccc(F)c(F)c1)c1nccn1C. The smallest absolute Gasteiger partial charge is 0.252 e. The van der Waals surface area contributed by atoms with Crippen molar-refractivity contribution in [2.24, 2.45) is 7.05 Å². The third kappa shape index (κ3) is 3.42. The van der Waals surface area contributed by atoms with Gasteiger partial charge in [0.2, 0.25) is 0 Å². The summed E-state index contributed by atoms with van der Waals surface area (Å²) in [6.07, 6.45) is 3.36. The number of para-hydroxylation sites is 1. The van der Waals surface area contributed by atoms with Gasteiger partial charge in [-0.2, -0.15) is 0 Å². The zero-order valence-corrected chi connectivity index (χ0v) is 14.2. The van der Waals surface area contributed by atoms with Crippen LogP contribution in [-0.2, 0) is 7.05 Å². The molecule has 1 amide bonds. The fourth-order valence-corrected chi connectivity index (χ4v) is 2.69. The van der Waals surface area contributed by atoms with Crippen LogP contribution in [-0.4, -0.2) is 22.6 Å². The molecule has 5 nitrogen and oxygen atoms in total. The van der Waals surface area contributed by atoms with Gasteiger partial charge in [-0.1, -0.05) is 18.2 Å². The van der Waals surface area contributed by atoms with Crippen molar-refractivity contribution in [3.63, 3.8) is 0 Å². The van der Waals surface area contributed by atoms with E-state index in [9.17, 15) is 13.6 Å². The summed E-state index contributed by atoms with van der Waals surface area (Å²) in [5, 5.41) is 2.82. The lowest BCUT2D eigenvalue weighted by Gasteiger charge is -2.21. The molecule has 0 aliphatic rings. The number of aryl methyl sites for hydroxylation is 1. The molecule has 3 rings (SSSR count). The molecule has 2 aromatic carbocycles. The van der Waals surface area contributed by atoms with Gasteiger partial charge >= 0.3 is 0 Å². The van der Waals surface area contributed by atoms with E-state index in [-0.39, 0.29) is 5.56 Å². The van der Waals surface area contributed by atoms with Crippen molar-refractivity contribution in [2.45, 2.75) is 6.04 Å². The van der Waals surface area contributed by atoms with Gasteiger partial charge in [-0.25, -0.2) is 13.8 Å². The van der Waals surface area contributed by atoms with Crippen LogP contribution >= 0.6 is 0 Å². The number of ether oxygens (including phenoxy) is 1. The van der Waals surface area contributed by atoms with Gasteiger partial charge in [-0.05, 0) is 24.3 Å². The highest BCUT2D eigenvalue weighted by atomic mass is 19.2. The first kappa shape index (κ1) is 17.6. The normalized spacial score (nSPS) is 11.8. The number of carbonyl (C=O) groups excluding carboxylic acids is 1. The second-order valence-electron chi connectivity index (χ2n) is 5.67. The van der Waals surface area contributed by atoms with Crippen LogP contribution in [0.1, 0.15) is 27.8 Å². The van der Waals surface area contributed by atoms with Gasteiger partial charge in [0, 0.05) is 30.6 Å². The number of hydrogen-bond acceptors (Lipinski definition) is 3. The first-order valence-corrected chi connectivity index (χ1v) is 7.87. The largest absolute Gasteiger partial charge is 0.496 e. The molecule has 0 fully saturated rings. The topological polar surface area (TPSA) is 56.1 Å². The number of nitrogens with one attached hydrogen (secondary N) is 1. The van der Waals surface area contributed by atoms with E-state index in [2.05, 4.69) is 10.3 Å². The van der Waals surface area contributed by atoms with Gasteiger partial charge in [-0.15, -0.1) is 0 Å². The maximum atomic E-state index is 13.5. The summed E-state index contributed by atoms with van der Waals surface area (Å²) in [4.78, 5) is 16.9. The van der Waals surface area contributed by atoms with Gasteiger partial charge in [-0.3, -0.25) is 4.79 Å². The molecule has 7 heteroatoms. The highest BCUT2D eigenvalue weighted by Gasteiger charge is 2.24. The molecule has 26 heavy (non-hydrogen) atoms. The minimum absolute atomic E-state index is 0.0120. The summed E-state index contributed by atoms with van der Waals surface area (Å²) in [5.41, 5.74) is 0.707. The molecule has 1 unspecified atom stereocenters. The van der Waals surface area contributed by atoms with Crippen LogP contribution in [0.5, 0.6) is 5.75 Å². The molecule has 0 spiro atoms. The molecular weight excluding hydrogens is 340 g/mol. The maximum Gasteiger partial charge on any atom is 0.252 e. The standard InChI is InChI=1S/C19H17F2N3O2/c1-24-10-9-22-18(24)17(13-5-3-4-6-16(13)26-2)23-19(25)12-7-8-14(20)15(21)11-12/h3-11,17H,1-2H3,(H,23,25). The van der Waals surface area contributed by atoms with Crippen molar-refractivity contribution < 1.29 is 18.3 Å². The van der Waals surface area contributed by atoms with Crippen LogP contribution in [0, 0.1) is 11.6 Å². The highest BCUT2D eigenvalue weighted by molar-refractivity contribution is 5.94. The molecular formula is C19H17F2N3O2. The Hall–Kier alpha value is -3.22. The summed E-state index contributed by atoms with van der Waals surface area (Å²) >= 11 is 0. The summed E-state index contributed by atoms with van der Waals surface area (Å²) in [6.45, 7) is 0. The number of carbonyl (C=O) groups is 1. The quantitative estimate of drug-likeness (QED) is 0.763. The Kier molecular flexibility index (Phi) is 4.97. The van der Waals surface area contributed by atoms with Crippen molar-refractivity contribution >= 4 is 5.91 Å². The Bertz CT molecular complexity index is 940. The molecule has 0 bridgehead atoms. The van der Waals surface area contributed by atoms with E-state index < -0.39 is 23.6 Å². The number of imidazole rings is 1. The zero-order valence-electron chi connectivity index (χ0n) is 14.2. The van der Waals surface area contributed by atoms with Crippen molar-refractivity contribution in [1.29, 1.82) is 0 Å². The average molecular weight is 357 g/mol. The molecule has 1 atom stereocenters. The van der Waals surface area contributed by atoms with Crippen LogP contribution in [0.25, 0.3) is 0 Å². The van der Waals surface area contributed by atoms with E-state index in [4.69, 9.17) is 4.74 Å². The second-order valence-corrected chi connectivity index (χ2v) is 5.67. The average Bonchev–Trinajstić information content (AvgIpc) is 3.07. The number of amides is 1. The minimum atomic E-state index is -1.08. The van der Waals surface area contributed by atoms with Crippen LogP contribution in [0.2, 0.25) is 0 Å². The predicted molar refractivity (Wildman–Crippen MR) is 91.9 cm³/mol. The fraction of sp³-hybridized carbons (Fsp3) is 0.158. The van der Waals surface area contributed by atoms with Crippen molar-refractivity contribution in [3.8, 4) is 5.75 Å². The molecule has 0 saturated heterocycles. The molecule has 0 aliphatic heterocycles. The van der Waals surface area contributed by atoms with Crippen LogP contribution in [0.3, 0.4) is 0 Å². The minimum Gasteiger partial charge on any atom is -0.496 e. The molecule has 1 aromatic heterocycles. The highest BCUT2D eigenvalue weighted by Crippen LogP contribution is 2.29. The van der Waals surface area contributed by atoms with E-state index in [0.717, 1.165) is 12.1 Å². The monoisotopic (exact) mass is 357 g/mol. The predicted octanol–water partition coefficient (Wildman–Crippen LogP) is 3.23. The Balaban J connectivity index is 2.00. The Morgan fingerprint density at radius 1 is 1.19 bits per heavy atom. The van der Waals surface area contributed by atoms with Crippen LogP contribution < -0.4 is 10.1 Å². The zero-order chi connectivity index (χ0) is 18.7. The van der Waals surface area contributed by atoms with E-state index in [0.29, 0.717) is 17.1 Å². The lowest BCUT2D eigenvalue weighted by molar-refractivity contribution is 0.0940. The number of methoxy groups -OCH3 is 1. The number of nitrogens with zero attached hydrogens (tertiary/aromatic N) is 2. The van der Waals surface area contributed by atoms with E-state index >= 15 is 0 Å². The molecule has 0 radical (unpaired) electrons. The number of benzene rings is 2. The number of aromatic nitrogens is 2. The summed E-state index contributed by atoms with van der Waals surface area (Å²) in [5.74, 6) is -1.49. The maximum absolute atomic E-state index is 13.5. The molecule has 1 N–H and O–H groups in total. The van der Waals surface area contributed by atoms with Gasteiger partial charge in [0.05, 0.1) is 7.11 Å². The Morgan fingerprint density at radius 3 is 2.62 bits per heavy atom. The summed E-state index contributed by atoms with van der Waals surface area (Å²) in [7, 11) is 3.33. The van der Waals surface area contributed by atoms with Gasteiger partial charge < -0.3 is 14.6 Å². The molecule has 0 saturated carbocycles. The molecule has 3 aromatic rings.